The number of benzene rings is 1. The highest BCUT2D eigenvalue weighted by molar-refractivity contribution is 7.89. The number of halogens is 2. The molecule has 1 aromatic carbocycles. The molecule has 0 amide bonds. The van der Waals surface area contributed by atoms with Crippen molar-refractivity contribution in [2.45, 2.75) is 42.7 Å². The summed E-state index contributed by atoms with van der Waals surface area (Å²) in [5.41, 5.74) is 0. The van der Waals surface area contributed by atoms with E-state index in [1.54, 1.807) is 0 Å². The molecule has 1 aromatic heterocycles. The Balaban J connectivity index is 1.55. The summed E-state index contributed by atoms with van der Waals surface area (Å²) in [6.45, 7) is 0. The summed E-state index contributed by atoms with van der Waals surface area (Å²) in [6, 6.07) is 5.06. The summed E-state index contributed by atoms with van der Waals surface area (Å²) >= 11 is 0. The number of nitrogens with one attached hydrogen (secondary N) is 1. The molecule has 1 aliphatic carbocycles. The maximum absolute atomic E-state index is 13.7. The van der Waals surface area contributed by atoms with Crippen LogP contribution >= 0.6 is 0 Å². The molecule has 0 bridgehead atoms. The topological polar surface area (TPSA) is 81.2 Å². The number of aromatic nitrogens is 2. The molecule has 0 saturated heterocycles. The molecule has 25 heavy (non-hydrogen) atoms. The Labute approximate surface area is 144 Å². The van der Waals surface area contributed by atoms with E-state index in [9.17, 15) is 17.2 Å². The molecule has 134 valence electrons. The fourth-order valence-electron chi connectivity index (χ4n) is 2.75. The summed E-state index contributed by atoms with van der Waals surface area (Å²) in [4.78, 5) is 7.12. The van der Waals surface area contributed by atoms with Crippen molar-refractivity contribution < 1.29 is 21.9 Å². The molecule has 0 spiro atoms. The van der Waals surface area contributed by atoms with Gasteiger partial charge in [0.25, 0.3) is 0 Å². The lowest BCUT2D eigenvalue weighted by Gasteiger charge is -2.28. The summed E-state index contributed by atoms with van der Waals surface area (Å²) in [5, 5.41) is 0. The molecule has 1 saturated carbocycles. The molecule has 0 radical (unpaired) electrons. The van der Waals surface area contributed by atoms with E-state index in [-0.39, 0.29) is 23.1 Å². The van der Waals surface area contributed by atoms with Gasteiger partial charge < -0.3 is 4.74 Å². The Bertz CT molecular complexity index is 823. The highest BCUT2D eigenvalue weighted by Crippen LogP contribution is 2.24. The second kappa shape index (κ2) is 7.40. The fraction of sp³-hybridized carbons (Fsp3) is 0.375. The van der Waals surface area contributed by atoms with Gasteiger partial charge in [0.15, 0.2) is 5.82 Å². The average Bonchev–Trinajstić information content (AvgIpc) is 2.59. The van der Waals surface area contributed by atoms with E-state index in [4.69, 9.17) is 4.74 Å². The lowest BCUT2D eigenvalue weighted by atomic mass is 9.94. The van der Waals surface area contributed by atoms with Crippen LogP contribution in [-0.2, 0) is 10.0 Å². The lowest BCUT2D eigenvalue weighted by Crippen LogP contribution is -2.40. The zero-order valence-electron chi connectivity index (χ0n) is 13.2. The summed E-state index contributed by atoms with van der Waals surface area (Å²) in [5.74, 6) is -1.32. The highest BCUT2D eigenvalue weighted by atomic mass is 32.2. The maximum Gasteiger partial charge on any atom is 0.316 e. The lowest BCUT2D eigenvalue weighted by molar-refractivity contribution is 0.131. The van der Waals surface area contributed by atoms with Gasteiger partial charge in [0, 0.05) is 6.04 Å². The molecule has 1 fully saturated rings. The van der Waals surface area contributed by atoms with Crippen LogP contribution in [-0.4, -0.2) is 30.5 Å². The van der Waals surface area contributed by atoms with Crippen LogP contribution in [0.25, 0.3) is 0 Å². The molecular formula is C16H17F2N3O3S. The summed E-state index contributed by atoms with van der Waals surface area (Å²) < 4.78 is 59.1. The second-order valence-electron chi connectivity index (χ2n) is 5.83. The Hall–Kier alpha value is -2.13. The molecule has 9 heteroatoms. The quantitative estimate of drug-likeness (QED) is 0.875. The van der Waals surface area contributed by atoms with E-state index >= 15 is 0 Å². The van der Waals surface area contributed by atoms with E-state index < -0.39 is 21.7 Å². The van der Waals surface area contributed by atoms with Gasteiger partial charge >= 0.3 is 6.01 Å². The zero-order chi connectivity index (χ0) is 17.9. The Morgan fingerprint density at radius 3 is 2.32 bits per heavy atom. The van der Waals surface area contributed by atoms with Gasteiger partial charge in [-0.05, 0) is 37.8 Å². The number of sulfonamides is 1. The fourth-order valence-corrected chi connectivity index (χ4v) is 4.14. The third-order valence-electron chi connectivity index (χ3n) is 3.99. The van der Waals surface area contributed by atoms with E-state index in [0.29, 0.717) is 25.7 Å². The molecule has 0 aliphatic heterocycles. The maximum atomic E-state index is 13.7. The van der Waals surface area contributed by atoms with E-state index in [2.05, 4.69) is 14.7 Å². The number of hydrogen-bond donors (Lipinski definition) is 1. The Kier molecular flexibility index (Phi) is 5.24. The number of hydrogen-bond acceptors (Lipinski definition) is 5. The highest BCUT2D eigenvalue weighted by Gasteiger charge is 2.28. The molecule has 6 nitrogen and oxygen atoms in total. The first-order chi connectivity index (χ1) is 11.9. The minimum Gasteiger partial charge on any atom is -0.460 e. The van der Waals surface area contributed by atoms with Crippen LogP contribution in [0.1, 0.15) is 25.7 Å². The predicted octanol–water partition coefficient (Wildman–Crippen LogP) is 2.42. The van der Waals surface area contributed by atoms with E-state index in [1.807, 2.05) is 0 Å². The van der Waals surface area contributed by atoms with Gasteiger partial charge in [-0.25, -0.2) is 31.9 Å². The van der Waals surface area contributed by atoms with Crippen molar-refractivity contribution in [1.29, 1.82) is 0 Å². The monoisotopic (exact) mass is 369 g/mol. The van der Waals surface area contributed by atoms with Crippen LogP contribution in [0.4, 0.5) is 8.78 Å². The molecule has 2 aromatic rings. The van der Waals surface area contributed by atoms with Gasteiger partial charge in [-0.3, -0.25) is 0 Å². The van der Waals surface area contributed by atoms with Gasteiger partial charge in [-0.15, -0.1) is 0 Å². The summed E-state index contributed by atoms with van der Waals surface area (Å²) in [7, 11) is -3.90. The minimum absolute atomic E-state index is 0.0942. The SMILES string of the molecule is O=S(=O)(NC1CCC(Oc2ncc(F)cn2)CC1)c1ccccc1F. The molecule has 1 heterocycles. The molecule has 3 rings (SSSR count). The van der Waals surface area contributed by atoms with Crippen molar-refractivity contribution in [3.05, 3.63) is 48.3 Å². The van der Waals surface area contributed by atoms with Gasteiger partial charge in [0.05, 0.1) is 12.4 Å². The normalized spacial score (nSPS) is 21.0. The zero-order valence-corrected chi connectivity index (χ0v) is 14.0. The van der Waals surface area contributed by atoms with E-state index in [0.717, 1.165) is 18.5 Å². The van der Waals surface area contributed by atoms with Gasteiger partial charge in [-0.1, -0.05) is 12.1 Å². The van der Waals surface area contributed by atoms with Crippen molar-refractivity contribution >= 4 is 10.0 Å². The first-order valence-electron chi connectivity index (χ1n) is 7.85. The van der Waals surface area contributed by atoms with Crippen LogP contribution in [0.5, 0.6) is 6.01 Å². The molecule has 0 atom stereocenters. The van der Waals surface area contributed by atoms with Gasteiger partial charge in [-0.2, -0.15) is 0 Å². The van der Waals surface area contributed by atoms with Crippen LogP contribution in [0.3, 0.4) is 0 Å². The Morgan fingerprint density at radius 1 is 1.04 bits per heavy atom. The standard InChI is InChI=1S/C16H17F2N3O3S/c17-11-9-19-16(20-10-11)24-13-7-5-12(6-8-13)21-25(22,23)15-4-2-1-3-14(15)18/h1-4,9-10,12-13,21H,5-8H2. The third kappa shape index (κ3) is 4.49. The van der Waals surface area contributed by atoms with Crippen molar-refractivity contribution in [2.24, 2.45) is 0 Å². The molecule has 0 unspecified atom stereocenters. The van der Waals surface area contributed by atoms with Crippen molar-refractivity contribution in [3.63, 3.8) is 0 Å². The Morgan fingerprint density at radius 2 is 1.68 bits per heavy atom. The summed E-state index contributed by atoms with van der Waals surface area (Å²) in [6.07, 6.45) is 4.14. The van der Waals surface area contributed by atoms with E-state index in [1.165, 1.54) is 18.2 Å². The molecule has 1 N–H and O–H groups in total. The first-order valence-corrected chi connectivity index (χ1v) is 9.33. The van der Waals surface area contributed by atoms with Crippen LogP contribution in [0, 0.1) is 11.6 Å². The molecular weight excluding hydrogens is 352 g/mol. The van der Waals surface area contributed by atoms with Crippen LogP contribution in [0.2, 0.25) is 0 Å². The number of ether oxygens (including phenoxy) is 1. The van der Waals surface area contributed by atoms with Crippen LogP contribution < -0.4 is 9.46 Å². The second-order valence-corrected chi connectivity index (χ2v) is 7.51. The number of nitrogens with zero attached hydrogens (tertiary/aromatic N) is 2. The predicted molar refractivity (Wildman–Crippen MR) is 85.4 cm³/mol. The molecule has 1 aliphatic rings. The van der Waals surface area contributed by atoms with Crippen LogP contribution in [0.15, 0.2) is 41.6 Å². The third-order valence-corrected chi connectivity index (χ3v) is 5.54. The van der Waals surface area contributed by atoms with Gasteiger partial charge in [0.1, 0.15) is 16.8 Å². The van der Waals surface area contributed by atoms with Gasteiger partial charge in [0.2, 0.25) is 10.0 Å². The average molecular weight is 369 g/mol. The largest absolute Gasteiger partial charge is 0.460 e. The van der Waals surface area contributed by atoms with Crippen molar-refractivity contribution in [2.75, 3.05) is 0 Å². The first kappa shape index (κ1) is 17.7. The number of rotatable bonds is 5. The van der Waals surface area contributed by atoms with Crippen molar-refractivity contribution in [1.82, 2.24) is 14.7 Å². The minimum atomic E-state index is -3.90. The van der Waals surface area contributed by atoms with Crippen molar-refractivity contribution in [3.8, 4) is 6.01 Å². The smallest absolute Gasteiger partial charge is 0.316 e.